The van der Waals surface area contributed by atoms with E-state index in [1.54, 1.807) is 0 Å². The molecule has 10 rings (SSSR count). The molecule has 10 aromatic rings. The van der Waals surface area contributed by atoms with Gasteiger partial charge in [0.05, 0.1) is 0 Å². The van der Waals surface area contributed by atoms with E-state index in [0.717, 1.165) is 0 Å². The number of hydrogen-bond acceptors (Lipinski definition) is 2. The van der Waals surface area contributed by atoms with Crippen molar-refractivity contribution >= 4 is 95.3 Å². The molecule has 0 spiro atoms. The predicted molar refractivity (Wildman–Crippen MR) is 187 cm³/mol. The molecule has 8 aromatic carbocycles. The minimum Gasteiger partial charge on any atom is -0.135 e. The van der Waals surface area contributed by atoms with E-state index in [0.29, 0.717) is 0 Å². The van der Waals surface area contributed by atoms with Crippen molar-refractivity contribution in [1.82, 2.24) is 0 Å². The number of benzene rings is 8. The Morgan fingerprint density at radius 1 is 0.333 bits per heavy atom. The van der Waals surface area contributed by atoms with Crippen LogP contribution in [0.15, 0.2) is 133 Å². The number of hydrogen-bond donors (Lipinski definition) is 0. The molecular formula is C40H22S2. The Labute approximate surface area is 250 Å². The van der Waals surface area contributed by atoms with Crippen LogP contribution in [0.1, 0.15) is 0 Å². The monoisotopic (exact) mass is 566 g/mol. The molecular weight excluding hydrogens is 545 g/mol. The molecule has 0 N–H and O–H groups in total. The van der Waals surface area contributed by atoms with E-state index in [1.165, 1.54) is 94.9 Å². The first kappa shape index (κ1) is 22.9. The highest BCUT2D eigenvalue weighted by atomic mass is 32.1. The van der Waals surface area contributed by atoms with Gasteiger partial charge in [-0.1, -0.05) is 115 Å². The summed E-state index contributed by atoms with van der Waals surface area (Å²) in [6.07, 6.45) is 0. The lowest BCUT2D eigenvalue weighted by molar-refractivity contribution is 1.66. The van der Waals surface area contributed by atoms with Crippen molar-refractivity contribution in [3.05, 3.63) is 133 Å². The van der Waals surface area contributed by atoms with Crippen LogP contribution in [0.5, 0.6) is 0 Å². The Balaban J connectivity index is 1.36. The zero-order valence-electron chi connectivity index (χ0n) is 22.5. The quantitative estimate of drug-likeness (QED) is 0.183. The molecule has 2 aromatic heterocycles. The highest BCUT2D eigenvalue weighted by Crippen LogP contribution is 2.50. The number of rotatable bonds is 2. The summed E-state index contributed by atoms with van der Waals surface area (Å²) in [5, 5.41) is 13.5. The van der Waals surface area contributed by atoms with Gasteiger partial charge >= 0.3 is 0 Å². The van der Waals surface area contributed by atoms with E-state index in [2.05, 4.69) is 133 Å². The fourth-order valence-electron chi connectivity index (χ4n) is 7.21. The Bertz CT molecular complexity index is 2670. The second-order valence-electron chi connectivity index (χ2n) is 11.2. The topological polar surface area (TPSA) is 0 Å². The van der Waals surface area contributed by atoms with E-state index in [-0.39, 0.29) is 0 Å². The average Bonchev–Trinajstić information content (AvgIpc) is 3.62. The zero-order valence-corrected chi connectivity index (χ0v) is 24.2. The molecule has 42 heavy (non-hydrogen) atoms. The van der Waals surface area contributed by atoms with Crippen LogP contribution in [0, 0.1) is 0 Å². The summed E-state index contributed by atoms with van der Waals surface area (Å²) in [6.45, 7) is 0. The van der Waals surface area contributed by atoms with E-state index < -0.39 is 0 Å². The third-order valence-electron chi connectivity index (χ3n) is 9.03. The molecule has 2 heteroatoms. The van der Waals surface area contributed by atoms with Crippen molar-refractivity contribution in [3.8, 4) is 22.3 Å². The normalized spacial score (nSPS) is 12.3. The van der Waals surface area contributed by atoms with Gasteiger partial charge in [0.15, 0.2) is 0 Å². The molecule has 0 aliphatic rings. The molecule has 0 atom stereocenters. The maximum atomic E-state index is 2.47. The summed E-state index contributed by atoms with van der Waals surface area (Å²) >= 11 is 3.85. The van der Waals surface area contributed by atoms with E-state index in [4.69, 9.17) is 0 Å². The van der Waals surface area contributed by atoms with Gasteiger partial charge in [-0.3, -0.25) is 0 Å². The molecule has 0 radical (unpaired) electrons. The molecule has 0 unspecified atom stereocenters. The van der Waals surface area contributed by atoms with Crippen LogP contribution in [-0.2, 0) is 0 Å². The SMILES string of the molecule is c1ccc(-c2ccc3ccc4c(-c5cc6sc7ccccc7c6c6c5sc5ccccc56)ccc5ccc2c3c54)cc1. The second kappa shape index (κ2) is 8.39. The Kier molecular flexibility index (Phi) is 4.57. The maximum Gasteiger partial charge on any atom is 0.0441 e. The predicted octanol–water partition coefficient (Wildman–Crippen LogP) is 12.7. The van der Waals surface area contributed by atoms with Gasteiger partial charge in [0.2, 0.25) is 0 Å². The molecule has 2 heterocycles. The van der Waals surface area contributed by atoms with Crippen LogP contribution in [0.2, 0.25) is 0 Å². The van der Waals surface area contributed by atoms with Crippen molar-refractivity contribution in [2.75, 3.05) is 0 Å². The van der Waals surface area contributed by atoms with Gasteiger partial charge in [-0.15, -0.1) is 22.7 Å². The maximum absolute atomic E-state index is 2.47. The van der Waals surface area contributed by atoms with Gasteiger partial charge in [0.1, 0.15) is 0 Å². The summed E-state index contributed by atoms with van der Waals surface area (Å²) in [7, 11) is 0. The fraction of sp³-hybridized carbons (Fsp3) is 0. The molecule has 194 valence electrons. The first-order valence-electron chi connectivity index (χ1n) is 14.4. The van der Waals surface area contributed by atoms with Gasteiger partial charge in [-0.05, 0) is 67.2 Å². The molecule has 0 nitrogen and oxygen atoms in total. The highest BCUT2D eigenvalue weighted by Gasteiger charge is 2.20. The standard InChI is InChI=1S/C40H22S2/c1-2-8-23(9-3-1)26-18-14-24-17-21-29-27(19-15-25-16-20-28(26)36(24)37(25)29)32-22-35-38(30-10-4-6-12-33(30)41-35)39-31-11-5-7-13-34(31)42-40(32)39/h1-22H. The number of fused-ring (bicyclic) bond motifs is 7. The summed E-state index contributed by atoms with van der Waals surface area (Å²) < 4.78 is 5.44. The Morgan fingerprint density at radius 2 is 0.905 bits per heavy atom. The summed E-state index contributed by atoms with van der Waals surface area (Å²) in [5.41, 5.74) is 5.21. The van der Waals surface area contributed by atoms with Gasteiger partial charge in [0.25, 0.3) is 0 Å². The highest BCUT2D eigenvalue weighted by molar-refractivity contribution is 7.28. The van der Waals surface area contributed by atoms with Crippen LogP contribution >= 0.6 is 22.7 Å². The lowest BCUT2D eigenvalue weighted by Crippen LogP contribution is -1.89. The van der Waals surface area contributed by atoms with Crippen molar-refractivity contribution in [1.29, 1.82) is 0 Å². The van der Waals surface area contributed by atoms with Gasteiger partial charge in [0, 0.05) is 45.9 Å². The Hall–Kier alpha value is -4.76. The molecule has 0 aliphatic heterocycles. The van der Waals surface area contributed by atoms with Crippen LogP contribution < -0.4 is 0 Å². The molecule has 0 bridgehead atoms. The van der Waals surface area contributed by atoms with Crippen LogP contribution in [-0.4, -0.2) is 0 Å². The Morgan fingerprint density at radius 3 is 1.64 bits per heavy atom. The van der Waals surface area contributed by atoms with E-state index >= 15 is 0 Å². The third-order valence-corrected chi connectivity index (χ3v) is 11.3. The average molecular weight is 567 g/mol. The summed E-state index contributed by atoms with van der Waals surface area (Å²) in [4.78, 5) is 0. The minimum atomic E-state index is 1.26. The minimum absolute atomic E-state index is 1.26. The smallest absolute Gasteiger partial charge is 0.0441 e. The van der Waals surface area contributed by atoms with E-state index in [9.17, 15) is 0 Å². The zero-order chi connectivity index (χ0) is 27.4. The lowest BCUT2D eigenvalue weighted by atomic mass is 9.87. The summed E-state index contributed by atoms with van der Waals surface area (Å²) in [5.74, 6) is 0. The van der Waals surface area contributed by atoms with Crippen LogP contribution in [0.4, 0.5) is 0 Å². The first-order valence-corrected chi connectivity index (χ1v) is 16.0. The molecule has 0 fully saturated rings. The van der Waals surface area contributed by atoms with Crippen molar-refractivity contribution < 1.29 is 0 Å². The molecule has 0 amide bonds. The van der Waals surface area contributed by atoms with Gasteiger partial charge < -0.3 is 0 Å². The van der Waals surface area contributed by atoms with E-state index in [1.807, 2.05) is 22.7 Å². The van der Waals surface area contributed by atoms with Gasteiger partial charge in [-0.25, -0.2) is 0 Å². The lowest BCUT2D eigenvalue weighted by Gasteiger charge is -2.17. The van der Waals surface area contributed by atoms with Gasteiger partial charge in [-0.2, -0.15) is 0 Å². The van der Waals surface area contributed by atoms with Crippen molar-refractivity contribution in [2.24, 2.45) is 0 Å². The third kappa shape index (κ3) is 3.01. The molecule has 0 aliphatic carbocycles. The van der Waals surface area contributed by atoms with Crippen molar-refractivity contribution in [3.63, 3.8) is 0 Å². The number of thiophene rings is 2. The second-order valence-corrected chi connectivity index (χ2v) is 13.3. The van der Waals surface area contributed by atoms with Crippen LogP contribution in [0.25, 0.3) is 94.9 Å². The molecule has 0 saturated carbocycles. The van der Waals surface area contributed by atoms with Crippen molar-refractivity contribution in [2.45, 2.75) is 0 Å². The molecule has 0 saturated heterocycles. The largest absolute Gasteiger partial charge is 0.135 e. The van der Waals surface area contributed by atoms with Crippen LogP contribution in [0.3, 0.4) is 0 Å². The summed E-state index contributed by atoms with van der Waals surface area (Å²) in [6, 6.07) is 49.7. The first-order chi connectivity index (χ1) is 20.8. The fourth-order valence-corrected chi connectivity index (χ4v) is 9.60.